The molecule has 0 spiro atoms. The van der Waals surface area contributed by atoms with Gasteiger partial charge in [-0.05, 0) is 51.2 Å². The monoisotopic (exact) mass is 381 g/mol. The van der Waals surface area contributed by atoms with E-state index >= 15 is 0 Å². The van der Waals surface area contributed by atoms with Crippen LogP contribution in [0.2, 0.25) is 19.6 Å². The van der Waals surface area contributed by atoms with E-state index in [2.05, 4.69) is 29.7 Å². The molecule has 25 heavy (non-hydrogen) atoms. The predicted molar refractivity (Wildman–Crippen MR) is 103 cm³/mol. The standard InChI is InChI=1S/C17H27N3O3SSi/c1-12-14(19-20-18)17(2,23-25(4,5)6)15(21-3)16(22-12)24-13-10-8-7-9-11-13/h7-12,14-16H,1-6H3/t12-,14+,15-,16-,17+/m0/s1. The van der Waals surface area contributed by atoms with Gasteiger partial charge in [-0.3, -0.25) is 0 Å². The maximum atomic E-state index is 9.04. The maximum Gasteiger partial charge on any atom is 0.184 e. The number of azide groups is 1. The van der Waals surface area contributed by atoms with E-state index in [0.29, 0.717) is 0 Å². The summed E-state index contributed by atoms with van der Waals surface area (Å²) in [6.45, 7) is 10.3. The molecule has 8 heteroatoms. The second-order valence-corrected chi connectivity index (χ2v) is 12.9. The minimum Gasteiger partial charge on any atom is -0.409 e. The molecule has 1 heterocycles. The summed E-state index contributed by atoms with van der Waals surface area (Å²) in [6, 6.07) is 9.61. The van der Waals surface area contributed by atoms with Gasteiger partial charge in [-0.15, -0.1) is 0 Å². The van der Waals surface area contributed by atoms with Crippen LogP contribution in [0.3, 0.4) is 0 Å². The lowest BCUT2D eigenvalue weighted by molar-refractivity contribution is -0.191. The van der Waals surface area contributed by atoms with Gasteiger partial charge in [-0.2, -0.15) is 0 Å². The Morgan fingerprint density at radius 2 is 1.92 bits per heavy atom. The number of thioether (sulfide) groups is 1. The molecular weight excluding hydrogens is 354 g/mol. The first-order chi connectivity index (χ1) is 11.7. The third-order valence-corrected chi connectivity index (χ3v) is 6.33. The van der Waals surface area contributed by atoms with Crippen LogP contribution in [0, 0.1) is 0 Å². The van der Waals surface area contributed by atoms with Crippen molar-refractivity contribution < 1.29 is 13.9 Å². The molecule has 0 aliphatic carbocycles. The topological polar surface area (TPSA) is 76.5 Å². The normalized spacial score (nSPS) is 32.9. The van der Waals surface area contributed by atoms with Crippen molar-refractivity contribution >= 4 is 20.1 Å². The van der Waals surface area contributed by atoms with Gasteiger partial charge in [0.25, 0.3) is 0 Å². The van der Waals surface area contributed by atoms with Crippen LogP contribution < -0.4 is 0 Å². The minimum atomic E-state index is -1.93. The average molecular weight is 382 g/mol. The quantitative estimate of drug-likeness (QED) is 0.306. The van der Waals surface area contributed by atoms with Crippen LogP contribution in [0.1, 0.15) is 13.8 Å². The number of ether oxygens (including phenoxy) is 2. The highest BCUT2D eigenvalue weighted by Gasteiger charge is 2.55. The van der Waals surface area contributed by atoms with Gasteiger partial charge in [-0.25, -0.2) is 0 Å². The van der Waals surface area contributed by atoms with Gasteiger partial charge in [-0.1, -0.05) is 35.1 Å². The van der Waals surface area contributed by atoms with Crippen molar-refractivity contribution in [3.63, 3.8) is 0 Å². The molecule has 138 valence electrons. The molecule has 2 rings (SSSR count). The zero-order valence-corrected chi connectivity index (χ0v) is 17.5. The van der Waals surface area contributed by atoms with E-state index < -0.39 is 20.0 Å². The second-order valence-electron chi connectivity index (χ2n) is 7.34. The highest BCUT2D eigenvalue weighted by molar-refractivity contribution is 7.99. The maximum absolute atomic E-state index is 9.04. The van der Waals surface area contributed by atoms with Gasteiger partial charge < -0.3 is 13.9 Å². The minimum absolute atomic E-state index is 0.256. The van der Waals surface area contributed by atoms with Crippen molar-refractivity contribution in [2.75, 3.05) is 7.11 Å². The Labute approximate surface area is 155 Å². The molecule has 1 aliphatic rings. The first kappa shape index (κ1) is 20.3. The van der Waals surface area contributed by atoms with Crippen LogP contribution in [0.5, 0.6) is 0 Å². The van der Waals surface area contributed by atoms with Crippen LogP contribution in [0.4, 0.5) is 0 Å². The fourth-order valence-electron chi connectivity index (χ4n) is 3.37. The molecular formula is C17H27N3O3SSi. The third kappa shape index (κ3) is 4.78. The zero-order chi connectivity index (χ0) is 18.7. The van der Waals surface area contributed by atoms with Crippen molar-refractivity contribution in [3.8, 4) is 0 Å². The Hall–Kier alpha value is -1.02. The Balaban J connectivity index is 2.39. The van der Waals surface area contributed by atoms with Gasteiger partial charge in [0.15, 0.2) is 8.32 Å². The van der Waals surface area contributed by atoms with Gasteiger partial charge >= 0.3 is 0 Å². The van der Waals surface area contributed by atoms with Gasteiger partial charge in [0.2, 0.25) is 0 Å². The summed E-state index contributed by atoms with van der Waals surface area (Å²) in [7, 11) is -0.271. The van der Waals surface area contributed by atoms with Crippen molar-refractivity contribution in [2.24, 2.45) is 5.11 Å². The molecule has 0 amide bonds. The molecule has 1 saturated heterocycles. The largest absolute Gasteiger partial charge is 0.409 e. The third-order valence-electron chi connectivity index (χ3n) is 4.14. The fourth-order valence-corrected chi connectivity index (χ4v) is 6.25. The van der Waals surface area contributed by atoms with Gasteiger partial charge in [0, 0.05) is 16.9 Å². The van der Waals surface area contributed by atoms with Gasteiger partial charge in [0.1, 0.15) is 11.5 Å². The first-order valence-corrected chi connectivity index (χ1v) is 12.6. The zero-order valence-electron chi connectivity index (χ0n) is 15.7. The summed E-state index contributed by atoms with van der Waals surface area (Å²) in [5, 5.41) is 4.01. The van der Waals surface area contributed by atoms with E-state index in [1.165, 1.54) is 0 Å². The molecule has 0 radical (unpaired) electrons. The first-order valence-electron chi connectivity index (χ1n) is 8.35. The molecule has 6 nitrogen and oxygen atoms in total. The Bertz CT molecular complexity index is 621. The van der Waals surface area contributed by atoms with Crippen molar-refractivity contribution in [2.45, 2.75) is 67.7 Å². The fraction of sp³-hybridized carbons (Fsp3) is 0.647. The molecule has 1 fully saturated rings. The SMILES string of the molecule is CO[C@H]1[C@H](Sc2ccccc2)O[C@@H](C)[C@@H](N=[N+]=[N-])[C@@]1(C)O[Si](C)(C)C. The Morgan fingerprint density at radius 1 is 1.28 bits per heavy atom. The van der Waals surface area contributed by atoms with Gasteiger partial charge in [0.05, 0.1) is 17.7 Å². The van der Waals surface area contributed by atoms with E-state index in [1.54, 1.807) is 18.9 Å². The average Bonchev–Trinajstić information content (AvgIpc) is 2.51. The summed E-state index contributed by atoms with van der Waals surface area (Å²) < 4.78 is 18.5. The Kier molecular flexibility index (Phi) is 6.59. The Morgan fingerprint density at radius 3 is 2.44 bits per heavy atom. The number of hydrogen-bond donors (Lipinski definition) is 0. The van der Waals surface area contributed by atoms with Crippen LogP contribution in [0.15, 0.2) is 40.3 Å². The molecule has 0 bridgehead atoms. The van der Waals surface area contributed by atoms with E-state index in [1.807, 2.05) is 44.2 Å². The van der Waals surface area contributed by atoms with E-state index in [9.17, 15) is 0 Å². The van der Waals surface area contributed by atoms with Crippen LogP contribution in [-0.4, -0.2) is 44.7 Å². The number of nitrogens with zero attached hydrogens (tertiary/aromatic N) is 3. The van der Waals surface area contributed by atoms with Crippen LogP contribution >= 0.6 is 11.8 Å². The molecule has 0 unspecified atom stereocenters. The lowest BCUT2D eigenvalue weighted by Crippen LogP contribution is -2.66. The van der Waals surface area contributed by atoms with Crippen molar-refractivity contribution in [1.82, 2.24) is 0 Å². The second kappa shape index (κ2) is 8.12. The van der Waals surface area contributed by atoms with Crippen LogP contribution in [0.25, 0.3) is 10.4 Å². The van der Waals surface area contributed by atoms with Crippen LogP contribution in [-0.2, 0) is 13.9 Å². The summed E-state index contributed by atoms with van der Waals surface area (Å²) in [5.41, 5.74) is 8.03. The highest BCUT2D eigenvalue weighted by atomic mass is 32.2. The highest BCUT2D eigenvalue weighted by Crippen LogP contribution is 2.43. The van der Waals surface area contributed by atoms with Crippen molar-refractivity contribution in [1.29, 1.82) is 0 Å². The lowest BCUT2D eigenvalue weighted by Gasteiger charge is -2.52. The van der Waals surface area contributed by atoms with E-state index in [-0.39, 0.29) is 17.6 Å². The number of methoxy groups -OCH3 is 1. The summed E-state index contributed by atoms with van der Waals surface area (Å²) >= 11 is 1.60. The molecule has 1 aromatic rings. The summed E-state index contributed by atoms with van der Waals surface area (Å²) in [4.78, 5) is 4.13. The molecule has 0 saturated carbocycles. The smallest absolute Gasteiger partial charge is 0.184 e. The number of hydrogen-bond acceptors (Lipinski definition) is 5. The summed E-state index contributed by atoms with van der Waals surface area (Å²) in [5.74, 6) is 0. The molecule has 5 atom stereocenters. The molecule has 0 aromatic heterocycles. The van der Waals surface area contributed by atoms with E-state index in [0.717, 1.165) is 4.90 Å². The molecule has 1 aliphatic heterocycles. The number of rotatable bonds is 6. The molecule has 1 aromatic carbocycles. The van der Waals surface area contributed by atoms with Crippen molar-refractivity contribution in [3.05, 3.63) is 40.8 Å². The number of benzene rings is 1. The summed E-state index contributed by atoms with van der Waals surface area (Å²) in [6.07, 6.45) is -0.638. The van der Waals surface area contributed by atoms with E-state index in [4.69, 9.17) is 19.4 Å². The molecule has 0 N–H and O–H groups in total. The lowest BCUT2D eigenvalue weighted by atomic mass is 9.85. The predicted octanol–water partition coefficient (Wildman–Crippen LogP) is 4.83.